The third kappa shape index (κ3) is 7.24. The Labute approximate surface area is 191 Å². The first-order valence-electron chi connectivity index (χ1n) is 11.3. The number of carbonyl (C=O) groups excluding carboxylic acids is 1. The molecule has 8 heteroatoms. The van der Waals surface area contributed by atoms with E-state index in [1.165, 1.54) is 37.8 Å². The van der Waals surface area contributed by atoms with Crippen molar-refractivity contribution in [3.05, 3.63) is 54.1 Å². The Morgan fingerprint density at radius 2 is 1.62 bits per heavy atom. The number of ether oxygens (including phenoxy) is 1. The van der Waals surface area contributed by atoms with Crippen molar-refractivity contribution >= 4 is 21.6 Å². The Balaban J connectivity index is 1.47. The standard InChI is InChI=1S/C24H33N3O4S/c1-2-31-22-12-14-23(15-13-22)32(29,30)26-21-10-8-20(9-11-21)24(28)25-16-7-19-27-17-5-3-4-6-18-27/h8-15,26H,2-7,16-19H2,1H3,(H,25,28). The van der Waals surface area contributed by atoms with Gasteiger partial charge in [0, 0.05) is 17.8 Å². The molecule has 0 atom stereocenters. The lowest BCUT2D eigenvalue weighted by molar-refractivity contribution is 0.0951. The van der Waals surface area contributed by atoms with E-state index in [0.29, 0.717) is 30.2 Å². The van der Waals surface area contributed by atoms with Crippen molar-refractivity contribution in [3.63, 3.8) is 0 Å². The first kappa shape index (κ1) is 24.1. The first-order valence-corrected chi connectivity index (χ1v) is 12.8. The van der Waals surface area contributed by atoms with E-state index in [0.717, 1.165) is 26.1 Å². The smallest absolute Gasteiger partial charge is 0.261 e. The van der Waals surface area contributed by atoms with Gasteiger partial charge in [0.2, 0.25) is 0 Å². The van der Waals surface area contributed by atoms with Crippen LogP contribution in [0.4, 0.5) is 5.69 Å². The molecule has 0 aliphatic carbocycles. The van der Waals surface area contributed by atoms with Crippen molar-refractivity contribution in [1.82, 2.24) is 10.2 Å². The molecule has 1 amide bonds. The van der Waals surface area contributed by atoms with E-state index in [2.05, 4.69) is 14.9 Å². The second-order valence-corrected chi connectivity index (χ2v) is 9.63. The number of nitrogens with zero attached hydrogens (tertiary/aromatic N) is 1. The molecule has 0 aromatic heterocycles. The first-order chi connectivity index (χ1) is 15.5. The van der Waals surface area contributed by atoms with Gasteiger partial charge in [0.05, 0.1) is 11.5 Å². The van der Waals surface area contributed by atoms with Crippen LogP contribution < -0.4 is 14.8 Å². The summed E-state index contributed by atoms with van der Waals surface area (Å²) in [4.78, 5) is 15.0. The minimum atomic E-state index is -3.72. The zero-order valence-corrected chi connectivity index (χ0v) is 19.5. The van der Waals surface area contributed by atoms with E-state index in [1.54, 1.807) is 36.4 Å². The average Bonchev–Trinajstić information content (AvgIpc) is 3.06. The Kier molecular flexibility index (Phi) is 8.93. The number of likely N-dealkylation sites (tertiary alicyclic amines) is 1. The zero-order valence-electron chi connectivity index (χ0n) is 18.7. The number of nitrogens with one attached hydrogen (secondary N) is 2. The van der Waals surface area contributed by atoms with Crippen molar-refractivity contribution in [2.24, 2.45) is 0 Å². The third-order valence-electron chi connectivity index (χ3n) is 5.48. The van der Waals surface area contributed by atoms with Crippen LogP contribution in [-0.2, 0) is 10.0 Å². The second kappa shape index (κ2) is 11.9. The molecule has 3 rings (SSSR count). The summed E-state index contributed by atoms with van der Waals surface area (Å²) in [6, 6.07) is 12.7. The van der Waals surface area contributed by atoms with Gasteiger partial charge in [-0.3, -0.25) is 9.52 Å². The van der Waals surface area contributed by atoms with Crippen LogP contribution in [0, 0.1) is 0 Å². The molecule has 2 aromatic rings. The summed E-state index contributed by atoms with van der Waals surface area (Å²) in [6.45, 7) is 6.33. The van der Waals surface area contributed by atoms with Crippen molar-refractivity contribution in [2.75, 3.05) is 37.5 Å². The normalized spacial score (nSPS) is 15.0. The van der Waals surface area contributed by atoms with Gasteiger partial charge in [-0.25, -0.2) is 8.42 Å². The van der Waals surface area contributed by atoms with Gasteiger partial charge in [0.15, 0.2) is 0 Å². The van der Waals surface area contributed by atoms with Crippen LogP contribution >= 0.6 is 0 Å². The quantitative estimate of drug-likeness (QED) is 0.527. The SMILES string of the molecule is CCOc1ccc(S(=O)(=O)Nc2ccc(C(=O)NCCCN3CCCCCC3)cc2)cc1. The Morgan fingerprint density at radius 1 is 0.969 bits per heavy atom. The average molecular weight is 460 g/mol. The maximum atomic E-state index is 12.6. The summed E-state index contributed by atoms with van der Waals surface area (Å²) in [5.74, 6) is 0.468. The molecular weight excluding hydrogens is 426 g/mol. The molecular formula is C24H33N3O4S. The van der Waals surface area contributed by atoms with Gasteiger partial charge in [-0.1, -0.05) is 12.8 Å². The van der Waals surface area contributed by atoms with E-state index < -0.39 is 10.0 Å². The Hall–Kier alpha value is -2.58. The van der Waals surface area contributed by atoms with Crippen LogP contribution in [0.2, 0.25) is 0 Å². The number of benzene rings is 2. The Bertz CT molecular complexity index is 952. The number of amides is 1. The van der Waals surface area contributed by atoms with E-state index >= 15 is 0 Å². The number of anilines is 1. The summed E-state index contributed by atoms with van der Waals surface area (Å²) in [5.41, 5.74) is 0.903. The van der Waals surface area contributed by atoms with Gasteiger partial charge in [0.1, 0.15) is 5.75 Å². The van der Waals surface area contributed by atoms with Crippen molar-refractivity contribution in [2.45, 2.75) is 43.9 Å². The summed E-state index contributed by atoms with van der Waals surface area (Å²) < 4.78 is 33.0. The van der Waals surface area contributed by atoms with E-state index in [1.807, 2.05) is 6.92 Å². The van der Waals surface area contributed by atoms with Crippen molar-refractivity contribution in [1.29, 1.82) is 0 Å². The molecule has 1 heterocycles. The molecule has 174 valence electrons. The lowest BCUT2D eigenvalue weighted by Gasteiger charge is -2.19. The van der Waals surface area contributed by atoms with Gasteiger partial charge in [-0.15, -0.1) is 0 Å². The minimum absolute atomic E-state index is 0.146. The third-order valence-corrected chi connectivity index (χ3v) is 6.88. The number of rotatable bonds is 10. The van der Waals surface area contributed by atoms with Crippen LogP contribution in [-0.4, -0.2) is 52.0 Å². The molecule has 0 unspecified atom stereocenters. The lowest BCUT2D eigenvalue weighted by atomic mass is 10.2. The molecule has 2 N–H and O–H groups in total. The molecule has 0 bridgehead atoms. The van der Waals surface area contributed by atoms with Crippen molar-refractivity contribution < 1.29 is 17.9 Å². The largest absolute Gasteiger partial charge is 0.494 e. The molecule has 2 aromatic carbocycles. The highest BCUT2D eigenvalue weighted by Gasteiger charge is 2.15. The lowest BCUT2D eigenvalue weighted by Crippen LogP contribution is -2.30. The fourth-order valence-electron chi connectivity index (χ4n) is 3.75. The van der Waals surface area contributed by atoms with Crippen LogP contribution in [0.5, 0.6) is 5.75 Å². The van der Waals surface area contributed by atoms with Gasteiger partial charge in [-0.2, -0.15) is 0 Å². The topological polar surface area (TPSA) is 87.7 Å². The second-order valence-electron chi connectivity index (χ2n) is 7.95. The Morgan fingerprint density at radius 3 is 2.25 bits per heavy atom. The maximum absolute atomic E-state index is 12.6. The summed E-state index contributed by atoms with van der Waals surface area (Å²) in [6.07, 6.45) is 6.09. The number of hydrogen-bond donors (Lipinski definition) is 2. The highest BCUT2D eigenvalue weighted by Crippen LogP contribution is 2.20. The van der Waals surface area contributed by atoms with Crippen LogP contribution in [0.15, 0.2) is 53.4 Å². The fraction of sp³-hybridized carbons (Fsp3) is 0.458. The van der Waals surface area contributed by atoms with Crippen molar-refractivity contribution in [3.8, 4) is 5.75 Å². The zero-order chi connectivity index (χ0) is 22.8. The van der Waals surface area contributed by atoms with Crippen LogP contribution in [0.25, 0.3) is 0 Å². The van der Waals surface area contributed by atoms with E-state index in [-0.39, 0.29) is 10.8 Å². The summed E-state index contributed by atoms with van der Waals surface area (Å²) >= 11 is 0. The van der Waals surface area contributed by atoms with E-state index in [9.17, 15) is 13.2 Å². The minimum Gasteiger partial charge on any atom is -0.494 e. The molecule has 1 aliphatic rings. The number of sulfonamides is 1. The monoisotopic (exact) mass is 459 g/mol. The highest BCUT2D eigenvalue weighted by molar-refractivity contribution is 7.92. The fourth-order valence-corrected chi connectivity index (χ4v) is 4.81. The number of carbonyl (C=O) groups is 1. The van der Waals surface area contributed by atoms with Gasteiger partial charge in [0.25, 0.3) is 15.9 Å². The molecule has 7 nitrogen and oxygen atoms in total. The van der Waals surface area contributed by atoms with Crippen LogP contribution in [0.3, 0.4) is 0 Å². The molecule has 1 fully saturated rings. The summed E-state index contributed by atoms with van der Waals surface area (Å²) in [5, 5.41) is 2.95. The predicted octanol–water partition coefficient (Wildman–Crippen LogP) is 3.88. The van der Waals surface area contributed by atoms with Gasteiger partial charge < -0.3 is 15.0 Å². The molecule has 0 spiro atoms. The molecule has 0 saturated carbocycles. The number of hydrogen-bond acceptors (Lipinski definition) is 5. The van der Waals surface area contributed by atoms with Crippen LogP contribution in [0.1, 0.15) is 49.4 Å². The van der Waals surface area contributed by atoms with Gasteiger partial charge >= 0.3 is 0 Å². The maximum Gasteiger partial charge on any atom is 0.261 e. The van der Waals surface area contributed by atoms with Gasteiger partial charge in [-0.05, 0) is 94.4 Å². The predicted molar refractivity (Wildman–Crippen MR) is 127 cm³/mol. The molecule has 0 radical (unpaired) electrons. The molecule has 1 aliphatic heterocycles. The molecule has 32 heavy (non-hydrogen) atoms. The van der Waals surface area contributed by atoms with E-state index in [4.69, 9.17) is 4.74 Å². The summed E-state index contributed by atoms with van der Waals surface area (Å²) in [7, 11) is -3.72. The molecule has 1 saturated heterocycles. The highest BCUT2D eigenvalue weighted by atomic mass is 32.2.